The number of hydrogen-bond acceptors (Lipinski definition) is 4. The number of nitrogens with zero attached hydrogens (tertiary/aromatic N) is 2. The lowest BCUT2D eigenvalue weighted by molar-refractivity contribution is 0.0954. The Labute approximate surface area is 124 Å². The molecule has 3 aromatic rings. The molecule has 1 aromatic carbocycles. The van der Waals surface area contributed by atoms with Crippen LogP contribution in [-0.2, 0) is 6.54 Å². The predicted octanol–water partition coefficient (Wildman–Crippen LogP) is 1.99. The number of carbonyl (C=O) groups is 1. The number of fused-ring (bicyclic) bond motifs is 1. The van der Waals surface area contributed by atoms with E-state index in [1.54, 1.807) is 6.92 Å². The van der Waals surface area contributed by atoms with E-state index in [2.05, 4.69) is 10.3 Å². The summed E-state index contributed by atoms with van der Waals surface area (Å²) in [6, 6.07) is 11.1. The molecule has 106 valence electrons. The number of benzene rings is 1. The molecule has 2 heterocycles. The number of rotatable bonds is 3. The van der Waals surface area contributed by atoms with Gasteiger partial charge in [0.15, 0.2) is 4.96 Å². The molecule has 6 heteroatoms. The summed E-state index contributed by atoms with van der Waals surface area (Å²) in [6.45, 7) is 2.21. The van der Waals surface area contributed by atoms with Crippen molar-refractivity contribution in [1.82, 2.24) is 14.7 Å². The molecule has 0 fully saturated rings. The molecule has 1 amide bonds. The Hall–Kier alpha value is -2.47. The number of hydrogen-bond donors (Lipinski definition) is 1. The summed E-state index contributed by atoms with van der Waals surface area (Å²) in [6.07, 6.45) is 1.54. The normalized spacial score (nSPS) is 10.7. The first-order valence-corrected chi connectivity index (χ1v) is 7.27. The molecule has 0 spiro atoms. The lowest BCUT2D eigenvalue weighted by Gasteiger charge is -2.02. The van der Waals surface area contributed by atoms with Gasteiger partial charge in [-0.15, -0.1) is 0 Å². The van der Waals surface area contributed by atoms with Crippen molar-refractivity contribution in [3.05, 3.63) is 69.1 Å². The van der Waals surface area contributed by atoms with E-state index in [0.717, 1.165) is 5.56 Å². The standard InChI is InChI=1S/C15H13N3O2S/c1-10-7-13(19)18-9-12(21-15(18)17-10)14(20)16-8-11-5-3-2-4-6-11/h2-7,9H,8H2,1H3,(H,16,20). The number of nitrogens with one attached hydrogen (secondary N) is 1. The first-order valence-electron chi connectivity index (χ1n) is 6.45. The first kappa shape index (κ1) is 13.5. The van der Waals surface area contributed by atoms with Crippen LogP contribution in [0.25, 0.3) is 4.96 Å². The first-order chi connectivity index (χ1) is 10.1. The SMILES string of the molecule is Cc1cc(=O)n2cc(C(=O)NCc3ccccc3)sc2n1. The molecule has 0 aliphatic carbocycles. The molecule has 0 saturated carbocycles. The average molecular weight is 299 g/mol. The van der Waals surface area contributed by atoms with E-state index in [1.165, 1.54) is 28.0 Å². The number of carbonyl (C=O) groups excluding carboxylic acids is 1. The number of aromatic nitrogens is 2. The van der Waals surface area contributed by atoms with Crippen molar-refractivity contribution in [2.24, 2.45) is 0 Å². The zero-order valence-corrected chi connectivity index (χ0v) is 12.2. The molecule has 1 N–H and O–H groups in total. The van der Waals surface area contributed by atoms with E-state index in [-0.39, 0.29) is 11.5 Å². The molecule has 0 aliphatic heterocycles. The van der Waals surface area contributed by atoms with E-state index >= 15 is 0 Å². The predicted molar refractivity (Wildman–Crippen MR) is 81.7 cm³/mol. The van der Waals surface area contributed by atoms with Crippen molar-refractivity contribution in [3.8, 4) is 0 Å². The smallest absolute Gasteiger partial charge is 0.263 e. The minimum Gasteiger partial charge on any atom is -0.347 e. The van der Waals surface area contributed by atoms with Crippen LogP contribution in [0.1, 0.15) is 20.9 Å². The van der Waals surface area contributed by atoms with Crippen LogP contribution in [0.5, 0.6) is 0 Å². The Bertz CT molecular complexity index is 852. The topological polar surface area (TPSA) is 63.5 Å². The summed E-state index contributed by atoms with van der Waals surface area (Å²) >= 11 is 1.21. The highest BCUT2D eigenvalue weighted by molar-refractivity contribution is 7.18. The molecule has 0 aliphatic rings. The van der Waals surface area contributed by atoms with Crippen molar-refractivity contribution in [1.29, 1.82) is 0 Å². The van der Waals surface area contributed by atoms with E-state index in [4.69, 9.17) is 0 Å². The quantitative estimate of drug-likeness (QED) is 0.804. The highest BCUT2D eigenvalue weighted by Gasteiger charge is 2.12. The monoisotopic (exact) mass is 299 g/mol. The van der Waals surface area contributed by atoms with Crippen molar-refractivity contribution < 1.29 is 4.79 Å². The zero-order chi connectivity index (χ0) is 14.8. The van der Waals surface area contributed by atoms with Gasteiger partial charge in [0.2, 0.25) is 0 Å². The number of amides is 1. The summed E-state index contributed by atoms with van der Waals surface area (Å²) in [5.41, 5.74) is 1.51. The van der Waals surface area contributed by atoms with E-state index in [9.17, 15) is 9.59 Å². The van der Waals surface area contributed by atoms with Crippen LogP contribution in [0.3, 0.4) is 0 Å². The molecule has 0 unspecified atom stereocenters. The Morgan fingerprint density at radius 1 is 1.33 bits per heavy atom. The second-order valence-electron chi connectivity index (χ2n) is 4.65. The van der Waals surface area contributed by atoms with E-state index < -0.39 is 0 Å². The summed E-state index contributed by atoms with van der Waals surface area (Å²) in [4.78, 5) is 29.2. The molecule has 0 radical (unpaired) electrons. The Morgan fingerprint density at radius 2 is 2.10 bits per heavy atom. The van der Waals surface area contributed by atoms with E-state index in [1.807, 2.05) is 30.3 Å². The minimum absolute atomic E-state index is 0.171. The van der Waals surface area contributed by atoms with Gasteiger partial charge in [0.25, 0.3) is 11.5 Å². The molecule has 0 bridgehead atoms. The second-order valence-corrected chi connectivity index (χ2v) is 5.66. The lowest BCUT2D eigenvalue weighted by Crippen LogP contribution is -2.22. The lowest BCUT2D eigenvalue weighted by atomic mass is 10.2. The molecule has 3 rings (SSSR count). The Balaban J connectivity index is 1.82. The zero-order valence-electron chi connectivity index (χ0n) is 11.4. The molecule has 5 nitrogen and oxygen atoms in total. The number of aryl methyl sites for hydroxylation is 1. The van der Waals surface area contributed by atoms with Crippen LogP contribution in [0.15, 0.2) is 47.4 Å². The molecule has 0 atom stereocenters. The van der Waals surface area contributed by atoms with Crippen molar-refractivity contribution >= 4 is 22.2 Å². The summed E-state index contributed by atoms with van der Waals surface area (Å²) in [5, 5.41) is 2.84. The molecule has 2 aromatic heterocycles. The third-order valence-electron chi connectivity index (χ3n) is 3.02. The van der Waals surface area contributed by atoms with Gasteiger partial charge in [0, 0.05) is 24.5 Å². The van der Waals surface area contributed by atoms with E-state index in [0.29, 0.717) is 22.1 Å². The number of thiazole rings is 1. The second kappa shape index (κ2) is 5.49. The van der Waals surface area contributed by atoms with Crippen molar-refractivity contribution in [2.45, 2.75) is 13.5 Å². The van der Waals surface area contributed by atoms with Crippen LogP contribution in [0.2, 0.25) is 0 Å². The molecule has 0 saturated heterocycles. The highest BCUT2D eigenvalue weighted by Crippen LogP contribution is 2.14. The maximum absolute atomic E-state index is 12.1. The van der Waals surface area contributed by atoms with Gasteiger partial charge in [-0.2, -0.15) is 0 Å². The maximum atomic E-state index is 12.1. The Kier molecular flexibility index (Phi) is 3.53. The maximum Gasteiger partial charge on any atom is 0.263 e. The molecular formula is C15H13N3O2S. The minimum atomic E-state index is -0.202. The summed E-state index contributed by atoms with van der Waals surface area (Å²) in [5.74, 6) is -0.202. The van der Waals surface area contributed by atoms with Gasteiger partial charge >= 0.3 is 0 Å². The van der Waals surface area contributed by atoms with Gasteiger partial charge in [-0.05, 0) is 12.5 Å². The molecular weight excluding hydrogens is 286 g/mol. The van der Waals surface area contributed by atoms with Gasteiger partial charge in [-0.25, -0.2) is 4.98 Å². The van der Waals surface area contributed by atoms with Gasteiger partial charge in [0.05, 0.1) is 0 Å². The highest BCUT2D eigenvalue weighted by atomic mass is 32.1. The van der Waals surface area contributed by atoms with Crippen molar-refractivity contribution in [3.63, 3.8) is 0 Å². The fourth-order valence-electron chi connectivity index (χ4n) is 1.98. The fourth-order valence-corrected chi connectivity index (χ4v) is 2.93. The van der Waals surface area contributed by atoms with Crippen molar-refractivity contribution in [2.75, 3.05) is 0 Å². The molecule has 21 heavy (non-hydrogen) atoms. The van der Waals surface area contributed by atoms with Gasteiger partial charge in [-0.1, -0.05) is 41.7 Å². The fraction of sp³-hybridized carbons (Fsp3) is 0.133. The largest absolute Gasteiger partial charge is 0.347 e. The van der Waals surface area contributed by atoms with Crippen LogP contribution < -0.4 is 10.9 Å². The average Bonchev–Trinajstić information content (AvgIpc) is 2.90. The van der Waals surface area contributed by atoms with Gasteiger partial charge in [-0.3, -0.25) is 14.0 Å². The van der Waals surface area contributed by atoms with Crippen LogP contribution in [0.4, 0.5) is 0 Å². The third kappa shape index (κ3) is 2.85. The van der Waals surface area contributed by atoms with Gasteiger partial charge in [0.1, 0.15) is 4.88 Å². The van der Waals surface area contributed by atoms with Crippen LogP contribution in [0, 0.1) is 6.92 Å². The summed E-state index contributed by atoms with van der Waals surface area (Å²) in [7, 11) is 0. The summed E-state index contributed by atoms with van der Waals surface area (Å²) < 4.78 is 1.40. The van der Waals surface area contributed by atoms with Crippen LogP contribution in [-0.4, -0.2) is 15.3 Å². The van der Waals surface area contributed by atoms with Crippen LogP contribution >= 0.6 is 11.3 Å². The van der Waals surface area contributed by atoms with Gasteiger partial charge < -0.3 is 5.32 Å². The third-order valence-corrected chi connectivity index (χ3v) is 4.00. The Morgan fingerprint density at radius 3 is 2.86 bits per heavy atom.